The summed E-state index contributed by atoms with van der Waals surface area (Å²) in [5, 5.41) is 4.40. The summed E-state index contributed by atoms with van der Waals surface area (Å²) >= 11 is 0. The quantitative estimate of drug-likeness (QED) is 0.912. The van der Waals surface area contributed by atoms with Crippen LogP contribution < -0.4 is 5.32 Å². The normalized spacial score (nSPS) is 22.9. The van der Waals surface area contributed by atoms with Crippen LogP contribution in [0.1, 0.15) is 32.6 Å². The summed E-state index contributed by atoms with van der Waals surface area (Å²) < 4.78 is 2.03. The first-order chi connectivity index (χ1) is 9.74. The Morgan fingerprint density at radius 1 is 1.25 bits per heavy atom. The van der Waals surface area contributed by atoms with Gasteiger partial charge in [-0.1, -0.05) is 38.0 Å². The zero-order chi connectivity index (χ0) is 13.9. The minimum absolute atomic E-state index is 0.130. The van der Waals surface area contributed by atoms with Crippen molar-refractivity contribution in [1.29, 1.82) is 0 Å². The second kappa shape index (κ2) is 5.70. The Hall–Kier alpha value is -1.77. The molecule has 3 nitrogen and oxygen atoms in total. The molecule has 0 radical (unpaired) electrons. The molecule has 1 aromatic heterocycles. The van der Waals surface area contributed by atoms with Gasteiger partial charge in [-0.25, -0.2) is 0 Å². The Balaban J connectivity index is 1.66. The number of carbonyl (C=O) groups excluding carboxylic acids is 1. The molecule has 3 heteroatoms. The summed E-state index contributed by atoms with van der Waals surface area (Å²) in [6.07, 6.45) is 6.89. The summed E-state index contributed by atoms with van der Waals surface area (Å²) in [6, 6.07) is 10.6. The third-order valence-corrected chi connectivity index (χ3v) is 4.45. The number of aromatic nitrogens is 1. The van der Waals surface area contributed by atoms with E-state index >= 15 is 0 Å². The molecule has 20 heavy (non-hydrogen) atoms. The number of hydrogen-bond acceptors (Lipinski definition) is 1. The van der Waals surface area contributed by atoms with Crippen LogP contribution in [0.2, 0.25) is 0 Å². The maximum atomic E-state index is 12.2. The minimum Gasteiger partial charge on any atom is -0.352 e. The first-order valence-corrected chi connectivity index (χ1v) is 7.57. The van der Waals surface area contributed by atoms with Crippen LogP contribution in [0, 0.1) is 5.92 Å². The number of nitrogens with one attached hydrogen (secondary N) is 1. The van der Waals surface area contributed by atoms with Gasteiger partial charge in [0.05, 0.1) is 0 Å². The first kappa shape index (κ1) is 13.2. The number of nitrogens with zero attached hydrogens (tertiary/aromatic N) is 1. The second-order valence-corrected chi connectivity index (χ2v) is 5.94. The zero-order valence-corrected chi connectivity index (χ0v) is 12.0. The fourth-order valence-electron chi connectivity index (χ4n) is 3.22. The Labute approximate surface area is 120 Å². The van der Waals surface area contributed by atoms with E-state index in [2.05, 4.69) is 30.4 Å². The highest BCUT2D eigenvalue weighted by Gasteiger charge is 2.22. The van der Waals surface area contributed by atoms with Gasteiger partial charge < -0.3 is 9.88 Å². The van der Waals surface area contributed by atoms with Gasteiger partial charge in [0.25, 0.3) is 0 Å². The number of hydrogen-bond donors (Lipinski definition) is 1. The largest absolute Gasteiger partial charge is 0.352 e. The Bertz CT molecular complexity index is 602. The second-order valence-electron chi connectivity index (χ2n) is 5.94. The zero-order valence-electron chi connectivity index (χ0n) is 12.0. The van der Waals surface area contributed by atoms with Crippen LogP contribution in [0.4, 0.5) is 0 Å². The van der Waals surface area contributed by atoms with Crippen molar-refractivity contribution in [2.45, 2.75) is 45.2 Å². The minimum atomic E-state index is 0.130. The molecular weight excluding hydrogens is 248 g/mol. The van der Waals surface area contributed by atoms with Crippen LogP contribution in [0.25, 0.3) is 10.9 Å². The predicted octanol–water partition coefficient (Wildman–Crippen LogP) is 3.34. The van der Waals surface area contributed by atoms with Crippen LogP contribution in [-0.4, -0.2) is 16.5 Å². The molecule has 1 fully saturated rings. The Kier molecular flexibility index (Phi) is 3.77. The van der Waals surface area contributed by atoms with Crippen molar-refractivity contribution in [2.75, 3.05) is 0 Å². The highest BCUT2D eigenvalue weighted by Crippen LogP contribution is 2.23. The number of fused-ring (bicyclic) bond motifs is 1. The lowest BCUT2D eigenvalue weighted by molar-refractivity contribution is -0.122. The third kappa shape index (κ3) is 2.72. The van der Waals surface area contributed by atoms with Crippen molar-refractivity contribution in [2.24, 2.45) is 5.92 Å². The van der Waals surface area contributed by atoms with E-state index in [-0.39, 0.29) is 5.91 Å². The molecule has 1 saturated carbocycles. The molecule has 0 saturated heterocycles. The van der Waals surface area contributed by atoms with Crippen LogP contribution >= 0.6 is 0 Å². The maximum absolute atomic E-state index is 12.2. The van der Waals surface area contributed by atoms with Gasteiger partial charge in [0.2, 0.25) is 5.91 Å². The summed E-state index contributed by atoms with van der Waals surface area (Å²) in [5.74, 6) is 0.735. The Morgan fingerprint density at radius 3 is 2.90 bits per heavy atom. The van der Waals surface area contributed by atoms with E-state index in [0.717, 1.165) is 11.9 Å². The topological polar surface area (TPSA) is 34.0 Å². The van der Waals surface area contributed by atoms with E-state index in [0.29, 0.717) is 18.5 Å². The lowest BCUT2D eigenvalue weighted by Crippen LogP contribution is -2.42. The van der Waals surface area contributed by atoms with E-state index in [9.17, 15) is 4.79 Å². The highest BCUT2D eigenvalue weighted by molar-refractivity contribution is 5.83. The summed E-state index contributed by atoms with van der Waals surface area (Å²) in [6.45, 7) is 2.66. The molecule has 1 amide bonds. The van der Waals surface area contributed by atoms with E-state index in [1.807, 2.05) is 22.9 Å². The molecule has 0 aliphatic heterocycles. The lowest BCUT2D eigenvalue weighted by atomic mass is 9.86. The van der Waals surface area contributed by atoms with Crippen molar-refractivity contribution in [3.05, 3.63) is 36.5 Å². The number of amides is 1. The van der Waals surface area contributed by atoms with Crippen molar-refractivity contribution >= 4 is 16.8 Å². The number of para-hydroxylation sites is 1. The van der Waals surface area contributed by atoms with Gasteiger partial charge in [0, 0.05) is 17.8 Å². The Morgan fingerprint density at radius 2 is 2.05 bits per heavy atom. The molecule has 0 unspecified atom stereocenters. The average Bonchev–Trinajstić information content (AvgIpc) is 2.85. The van der Waals surface area contributed by atoms with E-state index in [1.54, 1.807) is 0 Å². The SMILES string of the molecule is C[C@@H]1CCCC[C@H]1NC(=O)Cn1ccc2ccccc21. The van der Waals surface area contributed by atoms with Crippen LogP contribution in [0.3, 0.4) is 0 Å². The predicted molar refractivity (Wildman–Crippen MR) is 81.5 cm³/mol. The van der Waals surface area contributed by atoms with Crippen molar-refractivity contribution in [3.63, 3.8) is 0 Å². The standard InChI is InChI=1S/C17H22N2O/c1-13-6-2-4-8-15(13)18-17(20)12-19-11-10-14-7-3-5-9-16(14)19/h3,5,7,9-11,13,15H,2,4,6,8,12H2,1H3,(H,18,20)/t13-,15-/m1/s1. The third-order valence-electron chi connectivity index (χ3n) is 4.45. The summed E-state index contributed by atoms with van der Waals surface area (Å²) in [7, 11) is 0. The van der Waals surface area contributed by atoms with Gasteiger partial charge in [-0.15, -0.1) is 0 Å². The molecule has 1 heterocycles. The fourth-order valence-corrected chi connectivity index (χ4v) is 3.22. The molecule has 0 bridgehead atoms. The van der Waals surface area contributed by atoms with E-state index < -0.39 is 0 Å². The van der Waals surface area contributed by atoms with Gasteiger partial charge in [-0.3, -0.25) is 4.79 Å². The monoisotopic (exact) mass is 270 g/mol. The molecule has 1 aliphatic carbocycles. The number of carbonyl (C=O) groups is 1. The molecule has 106 valence electrons. The maximum Gasteiger partial charge on any atom is 0.240 e. The highest BCUT2D eigenvalue weighted by atomic mass is 16.2. The fraction of sp³-hybridized carbons (Fsp3) is 0.471. The van der Waals surface area contributed by atoms with Gasteiger partial charge >= 0.3 is 0 Å². The van der Waals surface area contributed by atoms with Gasteiger partial charge in [0.15, 0.2) is 0 Å². The molecule has 2 atom stereocenters. The molecule has 0 spiro atoms. The van der Waals surface area contributed by atoms with Gasteiger partial charge in [-0.2, -0.15) is 0 Å². The van der Waals surface area contributed by atoms with Crippen molar-refractivity contribution in [3.8, 4) is 0 Å². The molecule has 1 aromatic carbocycles. The van der Waals surface area contributed by atoms with E-state index in [1.165, 1.54) is 24.6 Å². The van der Waals surface area contributed by atoms with Crippen molar-refractivity contribution in [1.82, 2.24) is 9.88 Å². The van der Waals surface area contributed by atoms with Gasteiger partial charge in [0.1, 0.15) is 6.54 Å². The summed E-state index contributed by atoms with van der Waals surface area (Å²) in [5.41, 5.74) is 1.12. The molecule has 2 aromatic rings. The first-order valence-electron chi connectivity index (χ1n) is 7.57. The van der Waals surface area contributed by atoms with E-state index in [4.69, 9.17) is 0 Å². The lowest BCUT2D eigenvalue weighted by Gasteiger charge is -2.29. The molecule has 3 rings (SSSR count). The molecule has 1 N–H and O–H groups in total. The van der Waals surface area contributed by atoms with Crippen LogP contribution in [0.15, 0.2) is 36.5 Å². The van der Waals surface area contributed by atoms with Gasteiger partial charge in [-0.05, 0) is 36.3 Å². The smallest absolute Gasteiger partial charge is 0.240 e. The number of benzene rings is 1. The van der Waals surface area contributed by atoms with Crippen LogP contribution in [-0.2, 0) is 11.3 Å². The summed E-state index contributed by atoms with van der Waals surface area (Å²) in [4.78, 5) is 12.2. The van der Waals surface area contributed by atoms with Crippen molar-refractivity contribution < 1.29 is 4.79 Å². The average molecular weight is 270 g/mol. The number of rotatable bonds is 3. The molecule has 1 aliphatic rings. The molecular formula is C17H22N2O. The van der Waals surface area contributed by atoms with Crippen LogP contribution in [0.5, 0.6) is 0 Å².